The number of carbonyl (C=O) groups is 1. The number of nitrogens with zero attached hydrogens (tertiary/aromatic N) is 2. The molecule has 0 saturated heterocycles. The highest BCUT2D eigenvalue weighted by atomic mass is 79.9. The molecule has 0 aromatic carbocycles. The quantitative estimate of drug-likeness (QED) is 0.785. The molecule has 7 heteroatoms. The van der Waals surface area contributed by atoms with Gasteiger partial charge in [-0.25, -0.2) is 4.79 Å². The molecule has 0 radical (unpaired) electrons. The van der Waals surface area contributed by atoms with Gasteiger partial charge in [0.05, 0.1) is 22.1 Å². The first-order valence-corrected chi connectivity index (χ1v) is 8.31. The summed E-state index contributed by atoms with van der Waals surface area (Å²) in [7, 11) is 0. The second kappa shape index (κ2) is 8.76. The lowest BCUT2D eigenvalue weighted by atomic mass is 10.2. The molecular formula is C16H25BrN4O2. The van der Waals surface area contributed by atoms with E-state index in [2.05, 4.69) is 26.2 Å². The van der Waals surface area contributed by atoms with Crippen LogP contribution in [0.1, 0.15) is 33.4 Å². The van der Waals surface area contributed by atoms with Crippen LogP contribution in [0.25, 0.3) is 4.48 Å². The summed E-state index contributed by atoms with van der Waals surface area (Å²) in [5, 5.41) is 3.23. The lowest BCUT2D eigenvalue weighted by Crippen LogP contribution is -2.39. The first-order valence-electron chi connectivity index (χ1n) is 7.52. The molecule has 0 unspecified atom stereocenters. The maximum Gasteiger partial charge on any atom is 0.410 e. The van der Waals surface area contributed by atoms with Crippen LogP contribution in [-0.2, 0) is 4.74 Å². The van der Waals surface area contributed by atoms with Gasteiger partial charge in [0.15, 0.2) is 0 Å². The number of hydrogen-bond acceptors (Lipinski definition) is 5. The van der Waals surface area contributed by atoms with Gasteiger partial charge in [-0.3, -0.25) is 4.98 Å². The Balaban J connectivity index is 2.50. The number of amides is 1. The van der Waals surface area contributed by atoms with Gasteiger partial charge in [-0.1, -0.05) is 0 Å². The Morgan fingerprint density at radius 3 is 2.65 bits per heavy atom. The fourth-order valence-electron chi connectivity index (χ4n) is 1.77. The Kier molecular flexibility index (Phi) is 7.35. The fourth-order valence-corrected chi connectivity index (χ4v) is 2.00. The van der Waals surface area contributed by atoms with E-state index in [1.807, 2.05) is 39.8 Å². The van der Waals surface area contributed by atoms with Crippen molar-refractivity contribution in [3.8, 4) is 0 Å². The first-order chi connectivity index (χ1) is 10.8. The standard InChI is InChI=1S/C16H25BrN4O2/c1-5-21(15(22)23-16(2,3)4)9-8-19-12-6-7-14(20-11-12)13(17)10-18/h6-7,10-11,19H,5,8-9,18H2,1-4H3. The zero-order valence-corrected chi connectivity index (χ0v) is 15.7. The van der Waals surface area contributed by atoms with E-state index in [0.29, 0.717) is 19.6 Å². The molecule has 23 heavy (non-hydrogen) atoms. The van der Waals surface area contributed by atoms with Crippen molar-refractivity contribution in [2.45, 2.75) is 33.3 Å². The van der Waals surface area contributed by atoms with Gasteiger partial charge >= 0.3 is 6.09 Å². The van der Waals surface area contributed by atoms with Crippen molar-refractivity contribution >= 4 is 32.2 Å². The van der Waals surface area contributed by atoms with Crippen LogP contribution < -0.4 is 11.1 Å². The molecule has 0 atom stereocenters. The van der Waals surface area contributed by atoms with Crippen molar-refractivity contribution in [3.63, 3.8) is 0 Å². The number of halogens is 1. The molecule has 3 N–H and O–H groups in total. The molecule has 0 aliphatic carbocycles. The highest BCUT2D eigenvalue weighted by molar-refractivity contribution is 9.15. The lowest BCUT2D eigenvalue weighted by Gasteiger charge is -2.26. The molecule has 1 rings (SSSR count). The predicted molar refractivity (Wildman–Crippen MR) is 97.3 cm³/mol. The van der Waals surface area contributed by atoms with Crippen LogP contribution in [0.5, 0.6) is 0 Å². The Hall–Kier alpha value is -1.76. The number of aromatic nitrogens is 1. The van der Waals surface area contributed by atoms with E-state index in [4.69, 9.17) is 10.5 Å². The first kappa shape index (κ1) is 19.3. The summed E-state index contributed by atoms with van der Waals surface area (Å²) in [5.74, 6) is 0. The number of likely N-dealkylation sites (N-methyl/N-ethyl adjacent to an activating group) is 1. The van der Waals surface area contributed by atoms with Crippen LogP contribution in [0.3, 0.4) is 0 Å². The third-order valence-corrected chi connectivity index (χ3v) is 3.57. The number of nitrogens with two attached hydrogens (primary N) is 1. The van der Waals surface area contributed by atoms with Gasteiger partial charge in [0.1, 0.15) is 5.60 Å². The molecule has 1 aromatic heterocycles. The maximum absolute atomic E-state index is 12.0. The van der Waals surface area contributed by atoms with Crippen molar-refractivity contribution in [2.75, 3.05) is 25.0 Å². The van der Waals surface area contributed by atoms with E-state index in [1.165, 1.54) is 6.20 Å². The Morgan fingerprint density at radius 1 is 1.48 bits per heavy atom. The molecule has 0 saturated carbocycles. The van der Waals surface area contributed by atoms with Crippen LogP contribution in [0.15, 0.2) is 24.5 Å². The molecule has 0 fully saturated rings. The minimum absolute atomic E-state index is 0.299. The molecule has 1 amide bonds. The van der Waals surface area contributed by atoms with Gasteiger partial charge in [0, 0.05) is 25.8 Å². The van der Waals surface area contributed by atoms with E-state index < -0.39 is 5.60 Å². The Labute approximate surface area is 146 Å². The van der Waals surface area contributed by atoms with Crippen molar-refractivity contribution in [2.24, 2.45) is 5.73 Å². The molecular weight excluding hydrogens is 360 g/mol. The van der Waals surface area contributed by atoms with Gasteiger partial charge < -0.3 is 20.7 Å². The average Bonchev–Trinajstić information content (AvgIpc) is 2.49. The van der Waals surface area contributed by atoms with Crippen LogP contribution >= 0.6 is 15.9 Å². The Bertz CT molecular complexity index is 538. The summed E-state index contributed by atoms with van der Waals surface area (Å²) in [6.07, 6.45) is 2.88. The van der Waals surface area contributed by atoms with Gasteiger partial charge in [0.2, 0.25) is 0 Å². The highest BCUT2D eigenvalue weighted by Crippen LogP contribution is 2.18. The second-order valence-corrected chi connectivity index (χ2v) is 6.79. The monoisotopic (exact) mass is 384 g/mol. The molecule has 0 bridgehead atoms. The summed E-state index contributed by atoms with van der Waals surface area (Å²) in [6, 6.07) is 3.78. The molecule has 0 spiro atoms. The van der Waals surface area contributed by atoms with Crippen molar-refractivity contribution in [1.82, 2.24) is 9.88 Å². The second-order valence-electron chi connectivity index (χ2n) is 5.93. The van der Waals surface area contributed by atoms with Gasteiger partial charge in [-0.15, -0.1) is 0 Å². The van der Waals surface area contributed by atoms with Gasteiger partial charge in [0.25, 0.3) is 0 Å². The number of rotatable bonds is 6. The summed E-state index contributed by atoms with van der Waals surface area (Å²) in [5.41, 5.74) is 6.59. The van der Waals surface area contributed by atoms with Gasteiger partial charge in [-0.05, 0) is 55.8 Å². The topological polar surface area (TPSA) is 80.5 Å². The summed E-state index contributed by atoms with van der Waals surface area (Å²) >= 11 is 3.33. The summed E-state index contributed by atoms with van der Waals surface area (Å²) in [6.45, 7) is 9.27. The SMILES string of the molecule is CCN(CCNc1ccc(C(Br)=CN)nc1)C(=O)OC(C)(C)C. The minimum atomic E-state index is -0.485. The number of hydrogen-bond donors (Lipinski definition) is 2. The Morgan fingerprint density at radius 2 is 2.17 bits per heavy atom. The van der Waals surface area contributed by atoms with Gasteiger partial charge in [-0.2, -0.15) is 0 Å². The van der Waals surface area contributed by atoms with E-state index in [-0.39, 0.29) is 6.09 Å². The van der Waals surface area contributed by atoms with E-state index in [0.717, 1.165) is 15.9 Å². The third kappa shape index (κ3) is 6.90. The highest BCUT2D eigenvalue weighted by Gasteiger charge is 2.20. The van der Waals surface area contributed by atoms with Crippen LogP contribution in [-0.4, -0.2) is 41.2 Å². The smallest absolute Gasteiger partial charge is 0.410 e. The number of ether oxygens (including phenoxy) is 1. The summed E-state index contributed by atoms with van der Waals surface area (Å²) < 4.78 is 6.11. The van der Waals surface area contributed by atoms with Crippen molar-refractivity contribution < 1.29 is 9.53 Å². The third-order valence-electron chi connectivity index (χ3n) is 2.90. The largest absolute Gasteiger partial charge is 0.444 e. The average molecular weight is 385 g/mol. The molecule has 6 nitrogen and oxygen atoms in total. The van der Waals surface area contributed by atoms with E-state index in [9.17, 15) is 4.79 Å². The fraction of sp³-hybridized carbons (Fsp3) is 0.500. The lowest BCUT2D eigenvalue weighted by molar-refractivity contribution is 0.0267. The van der Waals surface area contributed by atoms with Crippen LogP contribution in [0.2, 0.25) is 0 Å². The van der Waals surface area contributed by atoms with Crippen molar-refractivity contribution in [3.05, 3.63) is 30.2 Å². The minimum Gasteiger partial charge on any atom is -0.444 e. The van der Waals surface area contributed by atoms with E-state index >= 15 is 0 Å². The van der Waals surface area contributed by atoms with E-state index in [1.54, 1.807) is 11.1 Å². The molecule has 1 heterocycles. The number of carbonyl (C=O) groups excluding carboxylic acids is 1. The molecule has 0 aliphatic heterocycles. The number of nitrogens with one attached hydrogen (secondary N) is 1. The van der Waals surface area contributed by atoms with Crippen LogP contribution in [0.4, 0.5) is 10.5 Å². The number of anilines is 1. The van der Waals surface area contributed by atoms with Crippen molar-refractivity contribution in [1.29, 1.82) is 0 Å². The summed E-state index contributed by atoms with van der Waals surface area (Å²) in [4.78, 5) is 18.0. The number of pyridine rings is 1. The maximum atomic E-state index is 12.0. The molecule has 0 aliphatic rings. The molecule has 1 aromatic rings. The zero-order valence-electron chi connectivity index (χ0n) is 14.1. The normalized spacial score (nSPS) is 12.0. The van der Waals surface area contributed by atoms with Crippen LogP contribution in [0, 0.1) is 0 Å². The molecule has 128 valence electrons. The zero-order chi connectivity index (χ0) is 17.5. The predicted octanol–water partition coefficient (Wildman–Crippen LogP) is 3.40.